The molecule has 0 saturated carbocycles. The van der Waals surface area contributed by atoms with E-state index in [4.69, 9.17) is 4.98 Å². The molecule has 0 bridgehead atoms. The fraction of sp³-hybridized carbons (Fsp3) is 0.375. The number of benzene rings is 2. The van der Waals surface area contributed by atoms with Gasteiger partial charge in [-0.1, -0.05) is 44.2 Å². The summed E-state index contributed by atoms with van der Waals surface area (Å²) in [5.74, 6) is 1.26. The minimum absolute atomic E-state index is 0.0769. The zero-order chi connectivity index (χ0) is 21.3. The molecule has 0 spiro atoms. The molecule has 0 fully saturated rings. The topological polar surface area (TPSA) is 67.2 Å². The molecule has 3 aromatic rings. The van der Waals surface area contributed by atoms with Crippen LogP contribution in [-0.2, 0) is 24.3 Å². The standard InChI is InChI=1S/C24H28N4O2/c1-16(2)14-28-21-11-7-6-10-20(21)26-22(28)12-13-25-23(29)17(3)27-15-18-8-4-5-9-19(18)24(27)30/h4-11,16-17H,12-15H2,1-3H3,(H,25,29). The zero-order valence-corrected chi connectivity index (χ0v) is 17.8. The van der Waals surface area contributed by atoms with Crippen LogP contribution in [0.4, 0.5) is 0 Å². The van der Waals surface area contributed by atoms with Gasteiger partial charge in [0.2, 0.25) is 5.91 Å². The van der Waals surface area contributed by atoms with Gasteiger partial charge in [-0.25, -0.2) is 4.98 Å². The van der Waals surface area contributed by atoms with Gasteiger partial charge in [0.25, 0.3) is 5.91 Å². The van der Waals surface area contributed by atoms with Gasteiger partial charge in [-0.15, -0.1) is 0 Å². The lowest BCUT2D eigenvalue weighted by Crippen LogP contribution is -2.45. The van der Waals surface area contributed by atoms with Crippen molar-refractivity contribution in [2.45, 2.75) is 46.3 Å². The molecule has 1 atom stereocenters. The normalized spacial score (nSPS) is 14.4. The van der Waals surface area contributed by atoms with Crippen LogP contribution >= 0.6 is 0 Å². The van der Waals surface area contributed by atoms with Crippen molar-refractivity contribution in [3.63, 3.8) is 0 Å². The minimum Gasteiger partial charge on any atom is -0.354 e. The van der Waals surface area contributed by atoms with Gasteiger partial charge in [-0.2, -0.15) is 0 Å². The first-order valence-electron chi connectivity index (χ1n) is 10.6. The molecule has 30 heavy (non-hydrogen) atoms. The van der Waals surface area contributed by atoms with Crippen LogP contribution in [0, 0.1) is 5.92 Å². The molecule has 1 aromatic heterocycles. The number of aromatic nitrogens is 2. The molecule has 2 aromatic carbocycles. The summed E-state index contributed by atoms with van der Waals surface area (Å²) in [6.45, 7) is 8.02. The highest BCUT2D eigenvalue weighted by Crippen LogP contribution is 2.24. The quantitative estimate of drug-likeness (QED) is 0.656. The number of nitrogens with zero attached hydrogens (tertiary/aromatic N) is 3. The third-order valence-corrected chi connectivity index (χ3v) is 5.63. The number of hydrogen-bond acceptors (Lipinski definition) is 3. The first-order chi connectivity index (χ1) is 14.5. The van der Waals surface area contributed by atoms with Crippen LogP contribution in [0.15, 0.2) is 48.5 Å². The van der Waals surface area contributed by atoms with E-state index in [-0.39, 0.29) is 11.8 Å². The van der Waals surface area contributed by atoms with Gasteiger partial charge in [0.1, 0.15) is 11.9 Å². The highest BCUT2D eigenvalue weighted by Gasteiger charge is 2.33. The molecule has 156 valence electrons. The molecule has 1 N–H and O–H groups in total. The van der Waals surface area contributed by atoms with E-state index in [2.05, 4.69) is 29.8 Å². The number of carbonyl (C=O) groups excluding carboxylic acids is 2. The smallest absolute Gasteiger partial charge is 0.255 e. The second kappa shape index (κ2) is 8.30. The fourth-order valence-corrected chi connectivity index (χ4v) is 4.06. The lowest BCUT2D eigenvalue weighted by Gasteiger charge is -2.23. The highest BCUT2D eigenvalue weighted by atomic mass is 16.2. The number of nitrogens with one attached hydrogen (secondary N) is 1. The summed E-state index contributed by atoms with van der Waals surface area (Å²) in [7, 11) is 0. The molecule has 4 rings (SSSR count). The van der Waals surface area contributed by atoms with E-state index in [1.165, 1.54) is 0 Å². The Balaban J connectivity index is 1.40. The molecule has 2 heterocycles. The van der Waals surface area contributed by atoms with Crippen LogP contribution in [0.5, 0.6) is 0 Å². The number of carbonyl (C=O) groups is 2. The van der Waals surface area contributed by atoms with Crippen molar-refractivity contribution >= 4 is 22.8 Å². The number of fused-ring (bicyclic) bond motifs is 2. The van der Waals surface area contributed by atoms with Crippen LogP contribution in [-0.4, -0.2) is 38.9 Å². The Hall–Kier alpha value is -3.15. The summed E-state index contributed by atoms with van der Waals surface area (Å²) in [5.41, 5.74) is 3.78. The van der Waals surface area contributed by atoms with E-state index < -0.39 is 6.04 Å². The van der Waals surface area contributed by atoms with Crippen molar-refractivity contribution in [3.8, 4) is 0 Å². The van der Waals surface area contributed by atoms with Gasteiger partial charge >= 0.3 is 0 Å². The fourth-order valence-electron chi connectivity index (χ4n) is 4.06. The second-order valence-electron chi connectivity index (χ2n) is 8.33. The van der Waals surface area contributed by atoms with Gasteiger partial charge in [0.05, 0.1) is 11.0 Å². The highest BCUT2D eigenvalue weighted by molar-refractivity contribution is 6.01. The Bertz CT molecular complexity index is 1090. The van der Waals surface area contributed by atoms with E-state index in [1.807, 2.05) is 42.5 Å². The molecule has 1 aliphatic rings. The first kappa shape index (κ1) is 20.1. The van der Waals surface area contributed by atoms with Crippen molar-refractivity contribution < 1.29 is 9.59 Å². The van der Waals surface area contributed by atoms with Gasteiger partial charge in [0.15, 0.2) is 0 Å². The predicted molar refractivity (Wildman–Crippen MR) is 117 cm³/mol. The Morgan fingerprint density at radius 3 is 2.60 bits per heavy atom. The molecule has 6 heteroatoms. The van der Waals surface area contributed by atoms with Gasteiger partial charge in [0, 0.05) is 31.6 Å². The third-order valence-electron chi connectivity index (χ3n) is 5.63. The zero-order valence-electron chi connectivity index (χ0n) is 17.8. The van der Waals surface area contributed by atoms with Gasteiger partial charge < -0.3 is 14.8 Å². The van der Waals surface area contributed by atoms with E-state index in [1.54, 1.807) is 11.8 Å². The van der Waals surface area contributed by atoms with Crippen molar-refractivity contribution in [1.82, 2.24) is 19.8 Å². The Kier molecular flexibility index (Phi) is 5.57. The van der Waals surface area contributed by atoms with E-state index in [0.29, 0.717) is 31.0 Å². The summed E-state index contributed by atoms with van der Waals surface area (Å²) < 4.78 is 2.25. The van der Waals surface area contributed by atoms with Crippen molar-refractivity contribution in [2.24, 2.45) is 5.92 Å². The van der Waals surface area contributed by atoms with Crippen LogP contribution in [0.3, 0.4) is 0 Å². The third kappa shape index (κ3) is 3.82. The summed E-state index contributed by atoms with van der Waals surface area (Å²) in [5, 5.41) is 2.99. The summed E-state index contributed by atoms with van der Waals surface area (Å²) >= 11 is 0. The maximum Gasteiger partial charge on any atom is 0.255 e. The number of imidazole rings is 1. The lowest BCUT2D eigenvalue weighted by atomic mass is 10.1. The van der Waals surface area contributed by atoms with Crippen LogP contribution in [0.25, 0.3) is 11.0 Å². The molecular formula is C24H28N4O2. The average molecular weight is 405 g/mol. The summed E-state index contributed by atoms with van der Waals surface area (Å²) in [4.78, 5) is 31.7. The second-order valence-corrected chi connectivity index (χ2v) is 8.33. The van der Waals surface area contributed by atoms with Crippen LogP contribution in [0.1, 0.15) is 42.5 Å². The molecule has 6 nitrogen and oxygen atoms in total. The van der Waals surface area contributed by atoms with E-state index in [9.17, 15) is 9.59 Å². The monoisotopic (exact) mass is 404 g/mol. The van der Waals surface area contributed by atoms with Gasteiger partial charge in [-0.05, 0) is 36.6 Å². The maximum atomic E-state index is 12.7. The molecule has 0 saturated heterocycles. The maximum absolute atomic E-state index is 12.7. The van der Waals surface area contributed by atoms with E-state index in [0.717, 1.165) is 29.0 Å². The Morgan fingerprint density at radius 1 is 1.10 bits per heavy atom. The molecule has 2 amide bonds. The number of rotatable bonds is 7. The number of para-hydroxylation sites is 2. The van der Waals surface area contributed by atoms with Crippen molar-refractivity contribution in [2.75, 3.05) is 6.54 Å². The molecule has 0 radical (unpaired) electrons. The van der Waals surface area contributed by atoms with Crippen molar-refractivity contribution in [3.05, 3.63) is 65.5 Å². The van der Waals surface area contributed by atoms with Gasteiger partial charge in [-0.3, -0.25) is 9.59 Å². The van der Waals surface area contributed by atoms with E-state index >= 15 is 0 Å². The SMILES string of the molecule is CC(C)Cn1c(CCNC(=O)C(C)N2Cc3ccccc3C2=O)nc2ccccc21. The average Bonchev–Trinajstić information content (AvgIpc) is 3.25. The number of hydrogen-bond donors (Lipinski definition) is 1. The lowest BCUT2D eigenvalue weighted by molar-refractivity contribution is -0.125. The summed E-state index contributed by atoms with van der Waals surface area (Å²) in [6, 6.07) is 15.2. The van der Waals surface area contributed by atoms with Crippen molar-refractivity contribution in [1.29, 1.82) is 0 Å². The Labute approximate surface area is 176 Å². The van der Waals surface area contributed by atoms with Crippen LogP contribution in [0.2, 0.25) is 0 Å². The number of amides is 2. The first-order valence-corrected chi connectivity index (χ1v) is 10.6. The Morgan fingerprint density at radius 2 is 1.83 bits per heavy atom. The molecular weight excluding hydrogens is 376 g/mol. The largest absolute Gasteiger partial charge is 0.354 e. The molecule has 1 unspecified atom stereocenters. The predicted octanol–water partition coefficient (Wildman–Crippen LogP) is 3.40. The summed E-state index contributed by atoms with van der Waals surface area (Å²) in [6.07, 6.45) is 0.647. The molecule has 1 aliphatic heterocycles. The molecule has 0 aliphatic carbocycles. The minimum atomic E-state index is -0.514. The van der Waals surface area contributed by atoms with Crippen LogP contribution < -0.4 is 5.32 Å².